The summed E-state index contributed by atoms with van der Waals surface area (Å²) in [7, 11) is 0. The predicted molar refractivity (Wildman–Crippen MR) is 77.0 cm³/mol. The molecule has 104 valence electrons. The van der Waals surface area contributed by atoms with Gasteiger partial charge in [-0.05, 0) is 50.6 Å². The second-order valence-corrected chi connectivity index (χ2v) is 5.41. The summed E-state index contributed by atoms with van der Waals surface area (Å²) in [6.07, 6.45) is 1.99. The van der Waals surface area contributed by atoms with Gasteiger partial charge in [0.1, 0.15) is 5.75 Å². The van der Waals surface area contributed by atoms with E-state index in [9.17, 15) is 4.79 Å². The first kappa shape index (κ1) is 14.1. The molecule has 1 aromatic carbocycles. The van der Waals surface area contributed by atoms with Crippen molar-refractivity contribution in [1.29, 1.82) is 0 Å². The molecule has 19 heavy (non-hydrogen) atoms. The fraction of sp³-hybridized carbons (Fsp3) is 0.562. The molecule has 0 atom stereocenters. The van der Waals surface area contributed by atoms with Gasteiger partial charge in [0.2, 0.25) is 0 Å². The third-order valence-electron chi connectivity index (χ3n) is 3.60. The van der Waals surface area contributed by atoms with Gasteiger partial charge in [-0.15, -0.1) is 0 Å². The zero-order chi connectivity index (χ0) is 13.8. The van der Waals surface area contributed by atoms with Crippen LogP contribution < -0.4 is 4.74 Å². The Balaban J connectivity index is 2.07. The molecule has 0 aliphatic carbocycles. The minimum absolute atomic E-state index is 0.205. The smallest absolute Gasteiger partial charge is 0.176 e. The van der Waals surface area contributed by atoms with E-state index in [0.29, 0.717) is 12.6 Å². The van der Waals surface area contributed by atoms with E-state index in [2.05, 4.69) is 25.7 Å². The summed E-state index contributed by atoms with van der Waals surface area (Å²) in [6.45, 7) is 8.63. The van der Waals surface area contributed by atoms with Gasteiger partial charge in [-0.2, -0.15) is 0 Å². The highest BCUT2D eigenvalue weighted by molar-refractivity contribution is 5.98. The van der Waals surface area contributed by atoms with E-state index in [1.165, 1.54) is 0 Å². The highest BCUT2D eigenvalue weighted by atomic mass is 16.5. The molecule has 0 radical (unpaired) electrons. The van der Waals surface area contributed by atoms with Crippen LogP contribution in [0.2, 0.25) is 0 Å². The van der Waals surface area contributed by atoms with Gasteiger partial charge >= 0.3 is 0 Å². The summed E-state index contributed by atoms with van der Waals surface area (Å²) < 4.78 is 5.47. The minimum atomic E-state index is 0.205. The molecule has 0 N–H and O–H groups in total. The predicted octanol–water partition coefficient (Wildman–Crippen LogP) is 2.92. The van der Waals surface area contributed by atoms with Gasteiger partial charge in [0.05, 0.1) is 13.2 Å². The molecule has 1 aliphatic rings. The van der Waals surface area contributed by atoms with Crippen molar-refractivity contribution < 1.29 is 9.53 Å². The van der Waals surface area contributed by atoms with E-state index in [0.717, 1.165) is 42.9 Å². The number of ether oxygens (including phenoxy) is 1. The van der Waals surface area contributed by atoms with Crippen LogP contribution in [0.5, 0.6) is 5.75 Å². The summed E-state index contributed by atoms with van der Waals surface area (Å²) in [6, 6.07) is 6.21. The Morgan fingerprint density at radius 2 is 2.21 bits per heavy atom. The van der Waals surface area contributed by atoms with Crippen molar-refractivity contribution in [1.82, 2.24) is 4.90 Å². The van der Waals surface area contributed by atoms with Crippen LogP contribution in [0, 0.1) is 0 Å². The Morgan fingerprint density at radius 1 is 1.42 bits per heavy atom. The van der Waals surface area contributed by atoms with Crippen molar-refractivity contribution in [3.05, 3.63) is 29.3 Å². The minimum Gasteiger partial charge on any atom is -0.493 e. The number of hydrogen-bond donors (Lipinski definition) is 0. The van der Waals surface area contributed by atoms with Crippen LogP contribution in [0.1, 0.15) is 43.1 Å². The van der Waals surface area contributed by atoms with Crippen LogP contribution in [0.25, 0.3) is 0 Å². The molecule has 0 unspecified atom stereocenters. The Hall–Kier alpha value is -1.35. The van der Waals surface area contributed by atoms with E-state index in [1.807, 2.05) is 18.2 Å². The van der Waals surface area contributed by atoms with Gasteiger partial charge < -0.3 is 4.74 Å². The second kappa shape index (κ2) is 6.20. The average molecular weight is 261 g/mol. The average Bonchev–Trinajstić information content (AvgIpc) is 2.85. The van der Waals surface area contributed by atoms with Crippen LogP contribution in [-0.2, 0) is 6.42 Å². The highest BCUT2D eigenvalue weighted by Crippen LogP contribution is 2.26. The fourth-order valence-corrected chi connectivity index (χ4v) is 2.44. The molecular weight excluding hydrogens is 238 g/mol. The normalized spacial score (nSPS) is 13.7. The zero-order valence-electron chi connectivity index (χ0n) is 12.1. The molecule has 3 heteroatoms. The summed E-state index contributed by atoms with van der Waals surface area (Å²) in [5, 5.41) is 0. The number of ketones is 1. The molecule has 0 fully saturated rings. The lowest BCUT2D eigenvalue weighted by atomic mass is 10.0. The molecule has 0 saturated heterocycles. The lowest BCUT2D eigenvalue weighted by Gasteiger charge is -2.25. The van der Waals surface area contributed by atoms with Crippen molar-refractivity contribution >= 4 is 5.78 Å². The van der Waals surface area contributed by atoms with E-state index in [1.54, 1.807) is 0 Å². The van der Waals surface area contributed by atoms with E-state index in [-0.39, 0.29) is 5.78 Å². The lowest BCUT2D eigenvalue weighted by Crippen LogP contribution is -2.36. The summed E-state index contributed by atoms with van der Waals surface area (Å²) in [4.78, 5) is 14.6. The van der Waals surface area contributed by atoms with Crippen molar-refractivity contribution in [3.8, 4) is 5.75 Å². The van der Waals surface area contributed by atoms with Crippen LogP contribution >= 0.6 is 0 Å². The Kier molecular flexibility index (Phi) is 4.59. The van der Waals surface area contributed by atoms with Gasteiger partial charge in [0.15, 0.2) is 5.78 Å². The molecule has 1 aliphatic heterocycles. The van der Waals surface area contributed by atoms with E-state index >= 15 is 0 Å². The molecule has 2 rings (SSSR count). The van der Waals surface area contributed by atoms with Gasteiger partial charge in [0, 0.05) is 18.0 Å². The van der Waals surface area contributed by atoms with E-state index < -0.39 is 0 Å². The maximum Gasteiger partial charge on any atom is 0.176 e. The first-order valence-corrected chi connectivity index (χ1v) is 7.14. The molecule has 0 aromatic heterocycles. The largest absolute Gasteiger partial charge is 0.493 e. The Labute approximate surface area is 115 Å². The summed E-state index contributed by atoms with van der Waals surface area (Å²) in [5.74, 6) is 1.14. The third-order valence-corrected chi connectivity index (χ3v) is 3.60. The SMILES string of the molecule is CCCN(CC(=O)c1ccc2c(c1)CCO2)C(C)C. The lowest BCUT2D eigenvalue weighted by molar-refractivity contribution is 0.0906. The van der Waals surface area contributed by atoms with Crippen LogP contribution in [0.3, 0.4) is 0 Å². The second-order valence-electron chi connectivity index (χ2n) is 5.41. The molecule has 0 saturated carbocycles. The Morgan fingerprint density at radius 3 is 2.89 bits per heavy atom. The van der Waals surface area contributed by atoms with Crippen LogP contribution in [-0.4, -0.2) is 36.4 Å². The van der Waals surface area contributed by atoms with Crippen molar-refractivity contribution in [3.63, 3.8) is 0 Å². The molecule has 0 amide bonds. The van der Waals surface area contributed by atoms with Crippen molar-refractivity contribution in [2.45, 2.75) is 39.7 Å². The third kappa shape index (κ3) is 3.35. The highest BCUT2D eigenvalue weighted by Gasteiger charge is 2.18. The summed E-state index contributed by atoms with van der Waals surface area (Å²) in [5.41, 5.74) is 1.98. The quantitative estimate of drug-likeness (QED) is 0.737. The maximum atomic E-state index is 12.4. The molecule has 0 bridgehead atoms. The number of benzene rings is 1. The number of hydrogen-bond acceptors (Lipinski definition) is 3. The van der Waals surface area contributed by atoms with Crippen molar-refractivity contribution in [2.24, 2.45) is 0 Å². The first-order chi connectivity index (χ1) is 9.11. The zero-order valence-corrected chi connectivity index (χ0v) is 12.1. The van der Waals surface area contributed by atoms with Crippen LogP contribution in [0.15, 0.2) is 18.2 Å². The number of Topliss-reactive ketones (excluding diaryl/α,β-unsaturated/α-hetero) is 1. The first-order valence-electron chi connectivity index (χ1n) is 7.14. The molecule has 1 aromatic rings. The van der Waals surface area contributed by atoms with Gasteiger partial charge in [0.25, 0.3) is 0 Å². The molecular formula is C16H23NO2. The molecule has 1 heterocycles. The summed E-state index contributed by atoms with van der Waals surface area (Å²) >= 11 is 0. The fourth-order valence-electron chi connectivity index (χ4n) is 2.44. The van der Waals surface area contributed by atoms with Gasteiger partial charge in [-0.1, -0.05) is 6.92 Å². The van der Waals surface area contributed by atoms with E-state index in [4.69, 9.17) is 4.74 Å². The van der Waals surface area contributed by atoms with Crippen LogP contribution in [0.4, 0.5) is 0 Å². The standard InChI is InChI=1S/C16H23NO2/c1-4-8-17(12(2)3)11-15(18)13-5-6-16-14(10-13)7-9-19-16/h5-6,10,12H,4,7-9,11H2,1-3H3. The number of nitrogens with zero attached hydrogens (tertiary/aromatic N) is 1. The topological polar surface area (TPSA) is 29.5 Å². The monoisotopic (exact) mass is 261 g/mol. The number of carbonyl (C=O) groups is 1. The van der Waals surface area contributed by atoms with Crippen molar-refractivity contribution in [2.75, 3.05) is 19.7 Å². The number of fused-ring (bicyclic) bond motifs is 1. The molecule has 3 nitrogen and oxygen atoms in total. The van der Waals surface area contributed by atoms with Gasteiger partial charge in [-0.3, -0.25) is 9.69 Å². The number of carbonyl (C=O) groups excluding carboxylic acids is 1. The maximum absolute atomic E-state index is 12.4. The number of rotatable bonds is 6. The molecule has 0 spiro atoms. The van der Waals surface area contributed by atoms with Gasteiger partial charge in [-0.25, -0.2) is 0 Å². The Bertz CT molecular complexity index is 454.